The zero-order chi connectivity index (χ0) is 31.7. The number of rotatable bonds is 2. The van der Waals surface area contributed by atoms with Crippen LogP contribution in [0.5, 0.6) is 0 Å². The van der Waals surface area contributed by atoms with E-state index in [9.17, 15) is 0 Å². The average molecular weight is 606 g/mol. The third-order valence-electron chi connectivity index (χ3n) is 11.2. The van der Waals surface area contributed by atoms with Crippen molar-refractivity contribution in [3.63, 3.8) is 0 Å². The lowest BCUT2D eigenvalue weighted by atomic mass is 9.81. The lowest BCUT2D eigenvalue weighted by Gasteiger charge is -2.33. The Hall–Kier alpha value is -5.41. The highest BCUT2D eigenvalue weighted by molar-refractivity contribution is 6.36. The molecule has 47 heavy (non-hydrogen) atoms. The van der Waals surface area contributed by atoms with Crippen LogP contribution in [0.3, 0.4) is 0 Å². The maximum atomic E-state index is 5.79. The van der Waals surface area contributed by atoms with Gasteiger partial charge in [-0.2, -0.15) is 0 Å². The number of allylic oxidation sites excluding steroid dienone is 2. The molecule has 1 unspecified atom stereocenters. The van der Waals surface area contributed by atoms with Gasteiger partial charge in [0.25, 0.3) is 0 Å². The number of nitrogens with one attached hydrogen (secondary N) is 1. The largest absolute Gasteiger partial charge is 0.349 e. The number of aliphatic imine (C=N–C) groups is 1. The summed E-state index contributed by atoms with van der Waals surface area (Å²) in [5.74, 6) is 0. The van der Waals surface area contributed by atoms with Crippen molar-refractivity contribution in [1.82, 2.24) is 9.88 Å². The molecule has 1 aromatic heterocycles. The quantitative estimate of drug-likeness (QED) is 0.209. The topological polar surface area (TPSA) is 29.3 Å². The lowest BCUT2D eigenvalue weighted by Crippen LogP contribution is -2.36. The van der Waals surface area contributed by atoms with E-state index in [2.05, 4.69) is 165 Å². The Balaban J connectivity index is 1.30. The van der Waals surface area contributed by atoms with Gasteiger partial charge in [-0.05, 0) is 62.4 Å². The second kappa shape index (κ2) is 9.11. The van der Waals surface area contributed by atoms with Gasteiger partial charge in [0.05, 0.1) is 16.7 Å². The Kier molecular flexibility index (Phi) is 5.19. The molecule has 10 rings (SSSR count). The molecule has 2 heterocycles. The molecule has 0 amide bonds. The van der Waals surface area contributed by atoms with E-state index in [1.165, 1.54) is 82.8 Å². The van der Waals surface area contributed by atoms with Crippen LogP contribution in [0.25, 0.3) is 49.3 Å². The molecule has 1 aliphatic heterocycles. The van der Waals surface area contributed by atoms with Gasteiger partial charge in [0, 0.05) is 38.4 Å². The van der Waals surface area contributed by atoms with Gasteiger partial charge in [0.15, 0.2) is 0 Å². The van der Waals surface area contributed by atoms with Crippen molar-refractivity contribution >= 4 is 43.9 Å². The second-order valence-electron chi connectivity index (χ2n) is 14.4. The first-order chi connectivity index (χ1) is 22.8. The Morgan fingerprint density at radius 3 is 1.98 bits per heavy atom. The summed E-state index contributed by atoms with van der Waals surface area (Å²) in [4.78, 5) is 5.79. The molecule has 0 radical (unpaired) electrons. The van der Waals surface area contributed by atoms with Crippen molar-refractivity contribution in [2.75, 3.05) is 0 Å². The van der Waals surface area contributed by atoms with Gasteiger partial charge in [-0.15, -0.1) is 0 Å². The number of hydrogen-bond donors (Lipinski definition) is 1. The normalized spacial score (nSPS) is 18.6. The first-order valence-electron chi connectivity index (χ1n) is 16.7. The third kappa shape index (κ3) is 3.44. The Bertz CT molecular complexity index is 2560. The zero-order valence-corrected chi connectivity index (χ0v) is 27.1. The van der Waals surface area contributed by atoms with E-state index in [0.29, 0.717) is 0 Å². The molecule has 0 fully saturated rings. The number of hydrogen-bond acceptors (Lipinski definition) is 2. The van der Waals surface area contributed by atoms with Crippen LogP contribution in [0, 0.1) is 0 Å². The minimum Gasteiger partial charge on any atom is -0.349 e. The summed E-state index contributed by atoms with van der Waals surface area (Å²) in [7, 11) is 0. The summed E-state index contributed by atoms with van der Waals surface area (Å²) in [6, 6.07) is 46.9. The number of para-hydroxylation sites is 1. The predicted octanol–water partition coefficient (Wildman–Crippen LogP) is 10.5. The minimum atomic E-state index is -0.332. The van der Waals surface area contributed by atoms with E-state index in [-0.39, 0.29) is 17.1 Å². The summed E-state index contributed by atoms with van der Waals surface area (Å²) in [6.07, 6.45) is -0.332. The van der Waals surface area contributed by atoms with Gasteiger partial charge in [-0.1, -0.05) is 137 Å². The Morgan fingerprint density at radius 1 is 0.553 bits per heavy atom. The first-order valence-corrected chi connectivity index (χ1v) is 16.7. The van der Waals surface area contributed by atoms with Gasteiger partial charge < -0.3 is 9.88 Å². The van der Waals surface area contributed by atoms with Gasteiger partial charge >= 0.3 is 0 Å². The molecule has 6 aromatic carbocycles. The number of fused-ring (bicyclic) bond motifs is 9. The summed E-state index contributed by atoms with van der Waals surface area (Å²) in [6.45, 7) is 9.42. The van der Waals surface area contributed by atoms with Crippen molar-refractivity contribution in [3.05, 3.63) is 161 Å². The fraction of sp³-hybridized carbons (Fsp3) is 0.159. The van der Waals surface area contributed by atoms with Crippen molar-refractivity contribution in [2.24, 2.45) is 4.99 Å². The predicted molar refractivity (Wildman–Crippen MR) is 196 cm³/mol. The van der Waals surface area contributed by atoms with Crippen LogP contribution >= 0.6 is 0 Å². The summed E-state index contributed by atoms with van der Waals surface area (Å²) in [5.41, 5.74) is 14.8. The zero-order valence-electron chi connectivity index (χ0n) is 27.1. The van der Waals surface area contributed by atoms with Crippen LogP contribution in [0.1, 0.15) is 61.8 Å². The van der Waals surface area contributed by atoms with Crippen molar-refractivity contribution in [3.8, 4) is 11.1 Å². The number of aromatic nitrogens is 1. The molecule has 1 atom stereocenters. The molecule has 226 valence electrons. The maximum absolute atomic E-state index is 5.79. The van der Waals surface area contributed by atoms with Crippen LogP contribution < -0.4 is 5.32 Å². The smallest absolute Gasteiger partial charge is 0.201 e. The van der Waals surface area contributed by atoms with E-state index >= 15 is 0 Å². The van der Waals surface area contributed by atoms with E-state index in [1.807, 2.05) is 0 Å². The van der Waals surface area contributed by atoms with Crippen LogP contribution in [-0.2, 0) is 10.8 Å². The van der Waals surface area contributed by atoms with E-state index < -0.39 is 0 Å². The van der Waals surface area contributed by atoms with Crippen LogP contribution in [0.15, 0.2) is 138 Å². The average Bonchev–Trinajstić information content (AvgIpc) is 3.64. The van der Waals surface area contributed by atoms with Gasteiger partial charge in [0.2, 0.25) is 6.29 Å². The van der Waals surface area contributed by atoms with E-state index in [1.54, 1.807) is 0 Å². The van der Waals surface area contributed by atoms with Crippen molar-refractivity contribution < 1.29 is 0 Å². The number of benzene rings is 6. The van der Waals surface area contributed by atoms with Gasteiger partial charge in [0.1, 0.15) is 0 Å². The Morgan fingerprint density at radius 2 is 1.17 bits per heavy atom. The van der Waals surface area contributed by atoms with Crippen molar-refractivity contribution in [1.29, 1.82) is 0 Å². The second-order valence-corrected chi connectivity index (χ2v) is 14.4. The molecule has 0 spiro atoms. The SMILES string of the molecule is CC1(C)C2=C(C(c3cccc4c3-c3ccccc3C4(C)C)=NC(n3c4ccccc4c4cc5ccccc5cc43)N2)c2ccccc21. The maximum Gasteiger partial charge on any atom is 0.201 e. The molecular formula is C44H35N3. The van der Waals surface area contributed by atoms with Gasteiger partial charge in [-0.25, -0.2) is 4.99 Å². The van der Waals surface area contributed by atoms with Gasteiger partial charge in [-0.3, -0.25) is 0 Å². The van der Waals surface area contributed by atoms with E-state index in [4.69, 9.17) is 4.99 Å². The summed E-state index contributed by atoms with van der Waals surface area (Å²) < 4.78 is 2.43. The molecule has 7 aromatic rings. The third-order valence-corrected chi connectivity index (χ3v) is 11.2. The molecule has 3 aliphatic rings. The lowest BCUT2D eigenvalue weighted by molar-refractivity contribution is 0.438. The van der Waals surface area contributed by atoms with E-state index in [0.717, 1.165) is 5.71 Å². The Labute approximate surface area is 274 Å². The molecule has 1 N–H and O–H groups in total. The monoisotopic (exact) mass is 605 g/mol. The fourth-order valence-corrected chi connectivity index (χ4v) is 8.90. The summed E-state index contributed by atoms with van der Waals surface area (Å²) >= 11 is 0. The van der Waals surface area contributed by atoms with Crippen LogP contribution in [0.4, 0.5) is 0 Å². The van der Waals surface area contributed by atoms with Crippen LogP contribution in [0.2, 0.25) is 0 Å². The highest BCUT2D eigenvalue weighted by atomic mass is 15.3. The highest BCUT2D eigenvalue weighted by Crippen LogP contribution is 2.54. The molecule has 3 nitrogen and oxygen atoms in total. The first kappa shape index (κ1) is 26.8. The molecule has 0 saturated carbocycles. The summed E-state index contributed by atoms with van der Waals surface area (Å²) in [5, 5.41) is 9.03. The molecular weight excluding hydrogens is 571 g/mol. The fourth-order valence-electron chi connectivity index (χ4n) is 8.90. The van der Waals surface area contributed by atoms with Crippen molar-refractivity contribution in [2.45, 2.75) is 44.8 Å². The molecule has 2 aliphatic carbocycles. The van der Waals surface area contributed by atoms with Crippen LogP contribution in [-0.4, -0.2) is 10.3 Å². The standard InChI is InChI=1S/C44H35N3/c1-43(2)33-20-10-7-17-29(33)38-31(19-13-22-35(38)43)40-39-30-18-8-11-21-34(30)44(3,4)41(39)46-42(45-40)47-36-23-12-9-16-28(36)32-24-26-14-5-6-15-27(26)25-37(32)47/h5-25,42,46H,1-4H3. The highest BCUT2D eigenvalue weighted by Gasteiger charge is 2.45. The minimum absolute atomic E-state index is 0.0905. The number of nitrogens with zero attached hydrogens (tertiary/aromatic N) is 2. The molecule has 0 saturated heterocycles. The molecule has 3 heteroatoms. The molecule has 0 bridgehead atoms.